The van der Waals surface area contributed by atoms with Gasteiger partial charge in [0.05, 0.1) is 0 Å². The second kappa shape index (κ2) is 6.96. The quantitative estimate of drug-likeness (QED) is 0.482. The molecule has 2 aliphatic rings. The second-order valence-corrected chi connectivity index (χ2v) is 12.7. The fraction of sp³-hybridized carbons (Fsp3) is 1.00. The lowest BCUT2D eigenvalue weighted by Gasteiger charge is -2.33. The van der Waals surface area contributed by atoms with Crippen molar-refractivity contribution in [3.8, 4) is 0 Å². The molecule has 144 valence electrons. The summed E-state index contributed by atoms with van der Waals surface area (Å²) in [6.07, 6.45) is 10.1. The van der Waals surface area contributed by atoms with Crippen LogP contribution in [0.4, 0.5) is 0 Å². The molecule has 0 aromatic rings. The van der Waals surface area contributed by atoms with Crippen LogP contribution < -0.4 is 0 Å². The zero-order valence-corrected chi connectivity index (χ0v) is 19.0. The van der Waals surface area contributed by atoms with E-state index in [1.54, 1.807) is 0 Å². The Morgan fingerprint density at radius 3 is 1.21 bits per heavy atom. The van der Waals surface area contributed by atoms with Gasteiger partial charge in [-0.1, -0.05) is 76.2 Å². The van der Waals surface area contributed by atoms with E-state index in [9.17, 15) is 0 Å². The van der Waals surface area contributed by atoms with E-state index in [1.807, 2.05) is 0 Å². The maximum Gasteiger partial charge on any atom is -0.0246 e. The lowest BCUT2D eigenvalue weighted by Crippen LogP contribution is -2.23. The van der Waals surface area contributed by atoms with Gasteiger partial charge in [-0.2, -0.15) is 0 Å². The maximum atomic E-state index is 2.41. The van der Waals surface area contributed by atoms with Crippen molar-refractivity contribution >= 4 is 0 Å². The van der Waals surface area contributed by atoms with Crippen LogP contribution in [0.2, 0.25) is 0 Å². The summed E-state index contributed by atoms with van der Waals surface area (Å²) in [5, 5.41) is 0. The zero-order chi connectivity index (χ0) is 19.0. The molecule has 0 spiro atoms. The van der Waals surface area contributed by atoms with E-state index in [0.29, 0.717) is 27.1 Å². The van der Waals surface area contributed by atoms with Crippen molar-refractivity contribution in [1.29, 1.82) is 0 Å². The molecule has 0 heteroatoms. The first-order chi connectivity index (χ1) is 10.5. The Labute approximate surface area is 154 Å². The molecule has 0 N–H and O–H groups in total. The highest BCUT2D eigenvalue weighted by Gasteiger charge is 2.52. The van der Waals surface area contributed by atoms with Gasteiger partial charge in [-0.3, -0.25) is 0 Å². The first-order valence-corrected chi connectivity index (χ1v) is 10.5. The molecule has 0 amide bonds. The molecule has 0 nitrogen and oxygen atoms in total. The van der Waals surface area contributed by atoms with Crippen LogP contribution in [0, 0.1) is 33.0 Å². The van der Waals surface area contributed by atoms with Crippen LogP contribution in [0.25, 0.3) is 0 Å². The van der Waals surface area contributed by atoms with Crippen molar-refractivity contribution in [2.24, 2.45) is 33.0 Å². The summed E-state index contributed by atoms with van der Waals surface area (Å²) in [7, 11) is 0. The minimum Gasteiger partial charge on any atom is -0.0628 e. The van der Waals surface area contributed by atoms with E-state index >= 15 is 0 Å². The van der Waals surface area contributed by atoms with Gasteiger partial charge in [0.2, 0.25) is 0 Å². The Morgan fingerprint density at radius 2 is 1.04 bits per heavy atom. The predicted molar refractivity (Wildman–Crippen MR) is 110 cm³/mol. The van der Waals surface area contributed by atoms with Crippen LogP contribution in [0.5, 0.6) is 0 Å². The summed E-state index contributed by atoms with van der Waals surface area (Å²) >= 11 is 0. The fourth-order valence-corrected chi connectivity index (χ4v) is 4.33. The minimum atomic E-state index is 0.515. The molecule has 0 aromatic carbocycles. The van der Waals surface area contributed by atoms with E-state index in [2.05, 4.69) is 76.2 Å². The van der Waals surface area contributed by atoms with Crippen molar-refractivity contribution in [2.45, 2.75) is 121 Å². The minimum absolute atomic E-state index is 0.515. The summed E-state index contributed by atoms with van der Waals surface area (Å²) in [6, 6.07) is 0. The van der Waals surface area contributed by atoms with E-state index in [1.165, 1.54) is 44.9 Å². The summed E-state index contributed by atoms with van der Waals surface area (Å²) in [6.45, 7) is 26.1. The zero-order valence-electron chi connectivity index (χ0n) is 19.0. The number of hydrogen-bond donors (Lipinski definition) is 0. The third kappa shape index (κ3) is 6.06. The molecular formula is C24H48. The van der Waals surface area contributed by atoms with Crippen molar-refractivity contribution in [3.05, 3.63) is 0 Å². The Hall–Kier alpha value is 0. The molecule has 0 aliphatic heterocycles. The van der Waals surface area contributed by atoms with E-state index < -0.39 is 0 Å². The molecule has 0 bridgehead atoms. The van der Waals surface area contributed by atoms with Crippen LogP contribution in [0.1, 0.15) is 121 Å². The summed E-state index contributed by atoms with van der Waals surface area (Å²) in [5.74, 6) is 0.872. The van der Waals surface area contributed by atoms with E-state index in [4.69, 9.17) is 0 Å². The largest absolute Gasteiger partial charge is 0.0628 e. The standard InChI is InChI=1S/C13H26.C11H22/c1-11(2,3)7-8-13(9-10-13)12(4,5)6;1-9(2)8-11(6-7-11)10(3,4)5/h7-10H2,1-6H3;9H,6-8H2,1-5H3. The highest BCUT2D eigenvalue weighted by Crippen LogP contribution is 2.62. The van der Waals surface area contributed by atoms with Crippen LogP contribution >= 0.6 is 0 Å². The monoisotopic (exact) mass is 336 g/mol. The predicted octanol–water partition coefficient (Wildman–Crippen LogP) is 8.50. The van der Waals surface area contributed by atoms with Gasteiger partial charge in [0.15, 0.2) is 0 Å². The van der Waals surface area contributed by atoms with Gasteiger partial charge in [0, 0.05) is 0 Å². The lowest BCUT2D eigenvalue weighted by molar-refractivity contribution is 0.172. The second-order valence-electron chi connectivity index (χ2n) is 12.7. The Kier molecular flexibility index (Phi) is 6.39. The van der Waals surface area contributed by atoms with Crippen LogP contribution in [0.3, 0.4) is 0 Å². The normalized spacial score (nSPS) is 22.0. The van der Waals surface area contributed by atoms with E-state index in [-0.39, 0.29) is 0 Å². The van der Waals surface area contributed by atoms with Crippen molar-refractivity contribution in [3.63, 3.8) is 0 Å². The van der Waals surface area contributed by atoms with Gasteiger partial charge in [0.1, 0.15) is 0 Å². The van der Waals surface area contributed by atoms with Crippen LogP contribution in [-0.2, 0) is 0 Å². The average Bonchev–Trinajstić information content (AvgIpc) is 3.18. The van der Waals surface area contributed by atoms with Gasteiger partial charge >= 0.3 is 0 Å². The molecule has 2 fully saturated rings. The first kappa shape index (κ1) is 22.0. The summed E-state index contributed by atoms with van der Waals surface area (Å²) in [5.41, 5.74) is 2.98. The number of rotatable bonds is 4. The Morgan fingerprint density at radius 1 is 0.667 bits per heavy atom. The molecule has 0 aromatic heterocycles. The molecule has 0 unspecified atom stereocenters. The molecule has 24 heavy (non-hydrogen) atoms. The highest BCUT2D eigenvalue weighted by atomic mass is 14.6. The number of hydrogen-bond acceptors (Lipinski definition) is 0. The topological polar surface area (TPSA) is 0 Å². The smallest absolute Gasteiger partial charge is 0.0246 e. The van der Waals surface area contributed by atoms with Gasteiger partial charge in [-0.15, -0.1) is 0 Å². The summed E-state index contributed by atoms with van der Waals surface area (Å²) in [4.78, 5) is 0. The molecule has 0 heterocycles. The van der Waals surface area contributed by atoms with Crippen LogP contribution in [-0.4, -0.2) is 0 Å². The molecule has 0 saturated heterocycles. The third-order valence-electron chi connectivity index (χ3n) is 7.04. The highest BCUT2D eigenvalue weighted by molar-refractivity contribution is 5.02. The molecule has 0 atom stereocenters. The van der Waals surface area contributed by atoms with E-state index in [0.717, 1.165) is 5.92 Å². The molecule has 0 radical (unpaired) electrons. The fourth-order valence-electron chi connectivity index (χ4n) is 4.33. The third-order valence-corrected chi connectivity index (χ3v) is 7.04. The van der Waals surface area contributed by atoms with Gasteiger partial charge < -0.3 is 0 Å². The molecule has 2 saturated carbocycles. The lowest BCUT2D eigenvalue weighted by atomic mass is 9.72. The molecular weight excluding hydrogens is 288 g/mol. The van der Waals surface area contributed by atoms with Crippen molar-refractivity contribution in [1.82, 2.24) is 0 Å². The SMILES string of the molecule is CC(C)(C)CCC1(C(C)(C)C)CC1.CC(C)CC1(C(C)(C)C)CC1. The summed E-state index contributed by atoms with van der Waals surface area (Å²) < 4.78 is 0. The Balaban J connectivity index is 0.000000243. The average molecular weight is 337 g/mol. The molecule has 2 rings (SSSR count). The Bertz CT molecular complexity index is 383. The van der Waals surface area contributed by atoms with Gasteiger partial charge in [-0.05, 0) is 77.9 Å². The van der Waals surface area contributed by atoms with Gasteiger partial charge in [-0.25, -0.2) is 0 Å². The van der Waals surface area contributed by atoms with Crippen molar-refractivity contribution < 1.29 is 0 Å². The van der Waals surface area contributed by atoms with Gasteiger partial charge in [0.25, 0.3) is 0 Å². The maximum absolute atomic E-state index is 2.41. The molecule has 2 aliphatic carbocycles. The van der Waals surface area contributed by atoms with Crippen LogP contribution in [0.15, 0.2) is 0 Å². The van der Waals surface area contributed by atoms with Crippen molar-refractivity contribution in [2.75, 3.05) is 0 Å². The first-order valence-electron chi connectivity index (χ1n) is 10.5.